The van der Waals surface area contributed by atoms with Gasteiger partial charge in [0.05, 0.1) is 6.04 Å². The van der Waals surface area contributed by atoms with Gasteiger partial charge in [-0.15, -0.1) is 0 Å². The van der Waals surface area contributed by atoms with Gasteiger partial charge in [0.2, 0.25) is 5.91 Å². The van der Waals surface area contributed by atoms with E-state index in [2.05, 4.69) is 10.3 Å². The average molecular weight is 266 g/mol. The van der Waals surface area contributed by atoms with Crippen LogP contribution in [0, 0.1) is 0 Å². The molecule has 2 aliphatic rings. The van der Waals surface area contributed by atoms with Gasteiger partial charge in [-0.2, -0.15) is 0 Å². The second-order valence-electron chi connectivity index (χ2n) is 5.80. The third kappa shape index (κ3) is 2.88. The zero-order valence-corrected chi connectivity index (χ0v) is 11.6. The SMILES string of the molecule is CC1(C)C(=O)NC(=O)CN1C(N)=NC1CCCCC1. The molecule has 1 saturated heterocycles. The van der Waals surface area contributed by atoms with E-state index in [9.17, 15) is 9.59 Å². The van der Waals surface area contributed by atoms with E-state index in [0.29, 0.717) is 5.96 Å². The van der Waals surface area contributed by atoms with Crippen molar-refractivity contribution in [3.63, 3.8) is 0 Å². The Hall–Kier alpha value is -1.59. The largest absolute Gasteiger partial charge is 0.370 e. The minimum absolute atomic E-state index is 0.0841. The van der Waals surface area contributed by atoms with Crippen LogP contribution in [0.25, 0.3) is 0 Å². The number of piperazine rings is 1. The normalized spacial score (nSPS) is 25.4. The van der Waals surface area contributed by atoms with E-state index in [1.54, 1.807) is 18.7 Å². The molecule has 0 aromatic carbocycles. The van der Waals surface area contributed by atoms with Crippen molar-refractivity contribution in [2.24, 2.45) is 10.7 Å². The summed E-state index contributed by atoms with van der Waals surface area (Å²) in [4.78, 5) is 29.4. The molecule has 1 aliphatic carbocycles. The summed E-state index contributed by atoms with van der Waals surface area (Å²) in [6.45, 7) is 3.58. The molecular formula is C13H22N4O2. The van der Waals surface area contributed by atoms with Crippen LogP contribution in [0.2, 0.25) is 0 Å². The number of amides is 2. The predicted octanol–water partition coefficient (Wildman–Crippen LogP) is 0.371. The summed E-state index contributed by atoms with van der Waals surface area (Å²) in [7, 11) is 0. The highest BCUT2D eigenvalue weighted by Gasteiger charge is 2.42. The number of nitrogens with zero attached hydrogens (tertiary/aromatic N) is 2. The molecule has 1 aliphatic heterocycles. The molecule has 2 amide bonds. The topological polar surface area (TPSA) is 87.8 Å². The van der Waals surface area contributed by atoms with Gasteiger partial charge in [0.1, 0.15) is 12.1 Å². The van der Waals surface area contributed by atoms with Gasteiger partial charge in [0.25, 0.3) is 5.91 Å². The fourth-order valence-electron chi connectivity index (χ4n) is 2.62. The Kier molecular flexibility index (Phi) is 3.78. The van der Waals surface area contributed by atoms with Crippen molar-refractivity contribution >= 4 is 17.8 Å². The molecule has 106 valence electrons. The number of nitrogens with one attached hydrogen (secondary N) is 1. The van der Waals surface area contributed by atoms with E-state index in [4.69, 9.17) is 5.73 Å². The molecule has 0 aromatic rings. The Labute approximate surface area is 113 Å². The van der Waals surface area contributed by atoms with Crippen LogP contribution >= 0.6 is 0 Å². The van der Waals surface area contributed by atoms with Crippen molar-refractivity contribution in [3.05, 3.63) is 0 Å². The van der Waals surface area contributed by atoms with Gasteiger partial charge in [-0.25, -0.2) is 4.99 Å². The Balaban J connectivity index is 2.15. The fraction of sp³-hybridized carbons (Fsp3) is 0.769. The number of imide groups is 1. The Morgan fingerprint density at radius 3 is 2.58 bits per heavy atom. The molecule has 0 unspecified atom stereocenters. The first-order valence-electron chi connectivity index (χ1n) is 6.86. The molecule has 3 N–H and O–H groups in total. The Morgan fingerprint density at radius 2 is 1.95 bits per heavy atom. The molecule has 1 heterocycles. The first-order valence-corrected chi connectivity index (χ1v) is 6.86. The predicted molar refractivity (Wildman–Crippen MR) is 72.4 cm³/mol. The molecule has 0 radical (unpaired) electrons. The van der Waals surface area contributed by atoms with E-state index in [1.807, 2.05) is 0 Å². The zero-order valence-electron chi connectivity index (χ0n) is 11.6. The molecule has 6 nitrogen and oxygen atoms in total. The summed E-state index contributed by atoms with van der Waals surface area (Å²) < 4.78 is 0. The van der Waals surface area contributed by atoms with Gasteiger partial charge in [0, 0.05) is 0 Å². The molecule has 0 bridgehead atoms. The molecule has 1 saturated carbocycles. The number of hydrogen-bond donors (Lipinski definition) is 2. The van der Waals surface area contributed by atoms with Crippen LogP contribution in [-0.2, 0) is 9.59 Å². The maximum absolute atomic E-state index is 11.8. The molecule has 0 spiro atoms. The van der Waals surface area contributed by atoms with Gasteiger partial charge in [-0.3, -0.25) is 14.9 Å². The number of rotatable bonds is 1. The molecule has 6 heteroatoms. The minimum Gasteiger partial charge on any atom is -0.370 e. The lowest BCUT2D eigenvalue weighted by molar-refractivity contribution is -0.141. The molecule has 2 fully saturated rings. The number of carbonyl (C=O) groups is 2. The van der Waals surface area contributed by atoms with Gasteiger partial charge in [0.15, 0.2) is 5.96 Å². The summed E-state index contributed by atoms with van der Waals surface area (Å²) in [5.41, 5.74) is 5.19. The van der Waals surface area contributed by atoms with Gasteiger partial charge < -0.3 is 10.6 Å². The molecule has 19 heavy (non-hydrogen) atoms. The fourth-order valence-corrected chi connectivity index (χ4v) is 2.62. The highest BCUT2D eigenvalue weighted by molar-refractivity contribution is 6.06. The lowest BCUT2D eigenvalue weighted by Crippen LogP contribution is -2.67. The van der Waals surface area contributed by atoms with Crippen molar-refractivity contribution in [1.82, 2.24) is 10.2 Å². The summed E-state index contributed by atoms with van der Waals surface area (Å²) in [5, 5.41) is 2.33. The highest BCUT2D eigenvalue weighted by Crippen LogP contribution is 2.22. The Bertz CT molecular complexity index is 411. The van der Waals surface area contributed by atoms with E-state index in [1.165, 1.54) is 19.3 Å². The van der Waals surface area contributed by atoms with Crippen LogP contribution in [0.3, 0.4) is 0 Å². The van der Waals surface area contributed by atoms with Gasteiger partial charge in [-0.05, 0) is 26.7 Å². The summed E-state index contributed by atoms with van der Waals surface area (Å²) >= 11 is 0. The number of guanidine groups is 1. The third-order valence-corrected chi connectivity index (χ3v) is 3.95. The molecular weight excluding hydrogens is 244 g/mol. The minimum atomic E-state index is -0.837. The first kappa shape index (κ1) is 13.8. The van der Waals surface area contributed by atoms with Crippen LogP contribution in [0.1, 0.15) is 46.0 Å². The second kappa shape index (κ2) is 5.19. The van der Waals surface area contributed by atoms with Crippen LogP contribution < -0.4 is 11.1 Å². The van der Waals surface area contributed by atoms with Crippen molar-refractivity contribution in [1.29, 1.82) is 0 Å². The lowest BCUT2D eigenvalue weighted by atomic mass is 9.96. The van der Waals surface area contributed by atoms with Crippen LogP contribution in [0.5, 0.6) is 0 Å². The maximum atomic E-state index is 11.8. The molecule has 2 rings (SSSR count). The first-order chi connectivity index (χ1) is 8.91. The summed E-state index contributed by atoms with van der Waals surface area (Å²) in [6, 6.07) is 0.227. The zero-order chi connectivity index (χ0) is 14.0. The van der Waals surface area contributed by atoms with Crippen LogP contribution in [0.4, 0.5) is 0 Å². The van der Waals surface area contributed by atoms with Gasteiger partial charge >= 0.3 is 0 Å². The van der Waals surface area contributed by atoms with E-state index < -0.39 is 5.54 Å². The quantitative estimate of drug-likeness (QED) is 0.408. The summed E-state index contributed by atoms with van der Waals surface area (Å²) in [6.07, 6.45) is 5.67. The average Bonchev–Trinajstić information content (AvgIpc) is 2.35. The number of nitrogens with two attached hydrogens (primary N) is 1. The van der Waals surface area contributed by atoms with Crippen molar-refractivity contribution in [2.45, 2.75) is 57.5 Å². The lowest BCUT2D eigenvalue weighted by Gasteiger charge is -2.41. The van der Waals surface area contributed by atoms with Crippen molar-refractivity contribution in [3.8, 4) is 0 Å². The second-order valence-corrected chi connectivity index (χ2v) is 5.80. The van der Waals surface area contributed by atoms with E-state index in [0.717, 1.165) is 12.8 Å². The third-order valence-electron chi connectivity index (χ3n) is 3.95. The highest BCUT2D eigenvalue weighted by atomic mass is 16.2. The van der Waals surface area contributed by atoms with E-state index >= 15 is 0 Å². The number of aliphatic imine (C=N–C) groups is 1. The smallest absolute Gasteiger partial charge is 0.252 e. The van der Waals surface area contributed by atoms with Gasteiger partial charge in [-0.1, -0.05) is 19.3 Å². The number of hydrogen-bond acceptors (Lipinski definition) is 3. The summed E-state index contributed by atoms with van der Waals surface area (Å²) in [5.74, 6) is -0.350. The van der Waals surface area contributed by atoms with Crippen LogP contribution in [0.15, 0.2) is 4.99 Å². The molecule has 0 aromatic heterocycles. The monoisotopic (exact) mass is 266 g/mol. The van der Waals surface area contributed by atoms with Crippen molar-refractivity contribution < 1.29 is 9.59 Å². The molecule has 0 atom stereocenters. The van der Waals surface area contributed by atoms with E-state index in [-0.39, 0.29) is 24.4 Å². The van der Waals surface area contributed by atoms with Crippen LogP contribution in [-0.4, -0.2) is 40.8 Å². The standard InChI is InChI=1S/C13H22N4O2/c1-13(2)11(19)16-10(18)8-17(13)12(14)15-9-6-4-3-5-7-9/h9H,3-8H2,1-2H3,(H2,14,15)(H,16,18,19). The van der Waals surface area contributed by atoms with Crippen molar-refractivity contribution in [2.75, 3.05) is 6.54 Å². The Morgan fingerprint density at radius 1 is 1.32 bits per heavy atom. The maximum Gasteiger partial charge on any atom is 0.252 e. The number of carbonyl (C=O) groups excluding carboxylic acids is 2.